The fourth-order valence-corrected chi connectivity index (χ4v) is 2.36. The number of carboxylic acids is 1. The molecule has 98 valence electrons. The largest absolute Gasteiger partial charge is 1.00 e. The zero-order valence-electron chi connectivity index (χ0n) is 11.8. The summed E-state index contributed by atoms with van der Waals surface area (Å²) >= 11 is 0. The quantitative estimate of drug-likeness (QED) is 0.554. The summed E-state index contributed by atoms with van der Waals surface area (Å²) in [6, 6.07) is 7.11. The molecule has 0 aromatic heterocycles. The minimum atomic E-state index is -1.09. The minimum absolute atomic E-state index is 0. The maximum atomic E-state index is 11.0. The Balaban J connectivity index is 0.00000180. The van der Waals surface area contributed by atoms with Gasteiger partial charge in [0.05, 0.1) is 5.97 Å². The van der Waals surface area contributed by atoms with E-state index in [1.165, 1.54) is 0 Å². The van der Waals surface area contributed by atoms with Crippen LogP contribution in [0.2, 0.25) is 0 Å². The molecule has 0 spiro atoms. The van der Waals surface area contributed by atoms with Crippen LogP contribution in [0, 0.1) is 0 Å². The van der Waals surface area contributed by atoms with Gasteiger partial charge in [-0.15, -0.1) is 0 Å². The molecule has 0 amide bonds. The third-order valence-corrected chi connectivity index (χ3v) is 3.54. The molecule has 0 unspecified atom stereocenters. The van der Waals surface area contributed by atoms with Gasteiger partial charge in [0, 0.05) is 38.3 Å². The number of likely N-dealkylation sites (N-methyl/N-ethyl adjacent to an activating group) is 1. The van der Waals surface area contributed by atoms with Gasteiger partial charge < -0.3 is 14.8 Å². The van der Waals surface area contributed by atoms with Crippen LogP contribution in [0.5, 0.6) is 0 Å². The molecule has 1 saturated heterocycles. The Labute approximate surface area is 136 Å². The van der Waals surface area contributed by atoms with Crippen LogP contribution in [0.3, 0.4) is 0 Å². The molecule has 0 saturated carbocycles. The monoisotopic (exact) mass is 270 g/mol. The summed E-state index contributed by atoms with van der Waals surface area (Å²) < 4.78 is 0. The van der Waals surface area contributed by atoms with Crippen LogP contribution in [0.4, 0.5) is 0 Å². The maximum Gasteiger partial charge on any atom is 1.00 e. The first kappa shape index (κ1) is 16.7. The first-order valence-corrected chi connectivity index (χ1v) is 6.44. The molecule has 1 heterocycles. The molecule has 0 radical (unpaired) electrons. The standard InChI is InChI=1S/C14H20N2O2.Na/c1-2-15-7-9-16(10-8-15)11-12-5-3-4-6-13(12)14(17)18;/h3-6H,2,7-11H2,1H3,(H,17,18);/q;+1/p-1. The zero-order valence-corrected chi connectivity index (χ0v) is 13.8. The number of carboxylic acid groups (broad SMARTS) is 1. The number of carbonyl (C=O) groups excluding carboxylic acids is 1. The molecule has 1 fully saturated rings. The number of piperazine rings is 1. The summed E-state index contributed by atoms with van der Waals surface area (Å²) in [6.45, 7) is 8.06. The van der Waals surface area contributed by atoms with E-state index in [-0.39, 0.29) is 29.6 Å². The molecule has 0 bridgehead atoms. The molecule has 5 heteroatoms. The van der Waals surface area contributed by atoms with Crippen molar-refractivity contribution < 1.29 is 39.5 Å². The van der Waals surface area contributed by atoms with Gasteiger partial charge in [-0.25, -0.2) is 0 Å². The van der Waals surface area contributed by atoms with Gasteiger partial charge >= 0.3 is 29.6 Å². The molecule has 0 aliphatic carbocycles. The number of rotatable bonds is 4. The molecular formula is C14H19N2NaO2. The smallest absolute Gasteiger partial charge is 0.545 e. The van der Waals surface area contributed by atoms with Crippen LogP contribution in [0.15, 0.2) is 24.3 Å². The molecule has 4 nitrogen and oxygen atoms in total. The predicted molar refractivity (Wildman–Crippen MR) is 68.2 cm³/mol. The summed E-state index contributed by atoms with van der Waals surface area (Å²) in [7, 11) is 0. The molecular weight excluding hydrogens is 251 g/mol. The van der Waals surface area contributed by atoms with Gasteiger partial charge in [-0.1, -0.05) is 31.2 Å². The van der Waals surface area contributed by atoms with E-state index >= 15 is 0 Å². The van der Waals surface area contributed by atoms with Gasteiger partial charge in [-0.05, 0) is 12.1 Å². The Morgan fingerprint density at radius 2 is 1.74 bits per heavy atom. The van der Waals surface area contributed by atoms with Crippen molar-refractivity contribution >= 4 is 5.97 Å². The molecule has 1 aromatic carbocycles. The number of hydrogen-bond donors (Lipinski definition) is 0. The maximum absolute atomic E-state index is 11.0. The Hall–Kier alpha value is -0.390. The molecule has 2 rings (SSSR count). The van der Waals surface area contributed by atoms with Gasteiger partial charge in [0.2, 0.25) is 0 Å². The Kier molecular flexibility index (Phi) is 7.04. The predicted octanol–water partition coefficient (Wildman–Crippen LogP) is -2.81. The van der Waals surface area contributed by atoms with E-state index in [4.69, 9.17) is 0 Å². The van der Waals surface area contributed by atoms with E-state index < -0.39 is 5.97 Å². The van der Waals surface area contributed by atoms with Gasteiger partial charge in [0.25, 0.3) is 0 Å². The molecule has 0 atom stereocenters. The van der Waals surface area contributed by atoms with E-state index in [1.807, 2.05) is 12.1 Å². The zero-order chi connectivity index (χ0) is 13.0. The molecule has 1 aliphatic heterocycles. The third kappa shape index (κ3) is 4.58. The molecule has 1 aromatic rings. The van der Waals surface area contributed by atoms with Crippen LogP contribution >= 0.6 is 0 Å². The molecule has 0 N–H and O–H groups in total. The topological polar surface area (TPSA) is 46.6 Å². The normalized spacial score (nSPS) is 16.9. The number of nitrogens with zero attached hydrogens (tertiary/aromatic N) is 2. The van der Waals surface area contributed by atoms with Crippen molar-refractivity contribution in [3.8, 4) is 0 Å². The summed E-state index contributed by atoms with van der Waals surface area (Å²) in [4.78, 5) is 15.7. The number of aromatic carboxylic acids is 1. The molecule has 1 aliphatic rings. The van der Waals surface area contributed by atoms with E-state index in [9.17, 15) is 9.90 Å². The minimum Gasteiger partial charge on any atom is -0.545 e. The Morgan fingerprint density at radius 3 is 2.32 bits per heavy atom. The summed E-state index contributed by atoms with van der Waals surface area (Å²) in [5.41, 5.74) is 1.16. The van der Waals surface area contributed by atoms with Crippen molar-refractivity contribution in [2.24, 2.45) is 0 Å². The van der Waals surface area contributed by atoms with E-state index in [1.54, 1.807) is 12.1 Å². The number of benzene rings is 1. The number of carbonyl (C=O) groups is 1. The second-order valence-electron chi connectivity index (χ2n) is 4.66. The van der Waals surface area contributed by atoms with Crippen molar-refractivity contribution in [2.75, 3.05) is 32.7 Å². The number of hydrogen-bond acceptors (Lipinski definition) is 4. The Bertz CT molecular complexity index is 418. The van der Waals surface area contributed by atoms with Gasteiger partial charge in [0.1, 0.15) is 0 Å². The third-order valence-electron chi connectivity index (χ3n) is 3.54. The van der Waals surface area contributed by atoms with Gasteiger partial charge in [0.15, 0.2) is 0 Å². The van der Waals surface area contributed by atoms with Crippen LogP contribution in [0.1, 0.15) is 22.8 Å². The van der Waals surface area contributed by atoms with E-state index in [0.717, 1.165) is 38.3 Å². The van der Waals surface area contributed by atoms with Gasteiger partial charge in [-0.2, -0.15) is 0 Å². The average Bonchev–Trinajstić information content (AvgIpc) is 2.40. The summed E-state index contributed by atoms with van der Waals surface area (Å²) in [5, 5.41) is 11.0. The summed E-state index contributed by atoms with van der Waals surface area (Å²) in [5.74, 6) is -1.09. The van der Waals surface area contributed by atoms with Crippen LogP contribution in [0.25, 0.3) is 0 Å². The second-order valence-corrected chi connectivity index (χ2v) is 4.66. The van der Waals surface area contributed by atoms with Crippen molar-refractivity contribution in [3.63, 3.8) is 0 Å². The fourth-order valence-electron chi connectivity index (χ4n) is 2.36. The van der Waals surface area contributed by atoms with Crippen molar-refractivity contribution in [2.45, 2.75) is 13.5 Å². The Morgan fingerprint density at radius 1 is 1.16 bits per heavy atom. The summed E-state index contributed by atoms with van der Waals surface area (Å²) in [6.07, 6.45) is 0. The molecule has 19 heavy (non-hydrogen) atoms. The van der Waals surface area contributed by atoms with E-state index in [2.05, 4.69) is 16.7 Å². The van der Waals surface area contributed by atoms with Crippen LogP contribution < -0.4 is 34.7 Å². The van der Waals surface area contributed by atoms with Gasteiger partial charge in [-0.3, -0.25) is 4.90 Å². The van der Waals surface area contributed by atoms with Crippen molar-refractivity contribution in [1.29, 1.82) is 0 Å². The van der Waals surface area contributed by atoms with Crippen molar-refractivity contribution in [1.82, 2.24) is 9.80 Å². The first-order valence-electron chi connectivity index (χ1n) is 6.44. The fraction of sp³-hybridized carbons (Fsp3) is 0.500. The van der Waals surface area contributed by atoms with Crippen LogP contribution in [-0.2, 0) is 6.54 Å². The van der Waals surface area contributed by atoms with Crippen molar-refractivity contribution in [3.05, 3.63) is 35.4 Å². The van der Waals surface area contributed by atoms with E-state index in [0.29, 0.717) is 12.1 Å². The first-order chi connectivity index (χ1) is 8.70. The average molecular weight is 270 g/mol. The SMILES string of the molecule is CCN1CCN(Cc2ccccc2C(=O)[O-])CC1.[Na+]. The van der Waals surface area contributed by atoms with Crippen LogP contribution in [-0.4, -0.2) is 48.5 Å². The second kappa shape index (κ2) is 8.02.